The highest BCUT2D eigenvalue weighted by atomic mass is 16.5. The third-order valence-electron chi connectivity index (χ3n) is 3.32. The van der Waals surface area contributed by atoms with Crippen LogP contribution in [-0.2, 0) is 11.3 Å². The van der Waals surface area contributed by atoms with Crippen molar-refractivity contribution in [2.75, 3.05) is 12.4 Å². The number of benzene rings is 2. The van der Waals surface area contributed by atoms with Crippen LogP contribution >= 0.6 is 0 Å². The average molecular weight is 308 g/mol. The van der Waals surface area contributed by atoms with E-state index in [2.05, 4.69) is 15.4 Å². The van der Waals surface area contributed by atoms with Crippen molar-refractivity contribution in [2.45, 2.75) is 6.61 Å². The van der Waals surface area contributed by atoms with E-state index >= 15 is 0 Å². The summed E-state index contributed by atoms with van der Waals surface area (Å²) in [5, 5.41) is 7.02. The van der Waals surface area contributed by atoms with Crippen molar-refractivity contribution in [2.24, 2.45) is 0 Å². The van der Waals surface area contributed by atoms with E-state index in [9.17, 15) is 4.79 Å². The maximum absolute atomic E-state index is 12.5. The van der Waals surface area contributed by atoms with Crippen molar-refractivity contribution < 1.29 is 9.53 Å². The number of carbonyl (C=O) groups excluding carboxylic acids is 1. The van der Waals surface area contributed by atoms with Crippen molar-refractivity contribution in [3.05, 3.63) is 72.3 Å². The molecule has 0 aliphatic rings. The molecule has 2 aromatic carbocycles. The number of ether oxygens (including phenoxy) is 1. The number of methoxy groups -OCH3 is 1. The molecule has 23 heavy (non-hydrogen) atoms. The molecule has 1 amide bonds. The summed E-state index contributed by atoms with van der Waals surface area (Å²) in [4.78, 5) is 16.4. The summed E-state index contributed by atoms with van der Waals surface area (Å²) in [6.07, 6.45) is 3.04. The summed E-state index contributed by atoms with van der Waals surface area (Å²) in [5.41, 5.74) is 2.95. The van der Waals surface area contributed by atoms with E-state index in [1.54, 1.807) is 24.2 Å². The molecule has 3 rings (SSSR count). The van der Waals surface area contributed by atoms with E-state index < -0.39 is 0 Å². The number of hydrogen-bond donors (Lipinski definition) is 1. The smallest absolute Gasteiger partial charge is 0.255 e. The number of amides is 1. The normalized spacial score (nSPS) is 10.5. The summed E-state index contributed by atoms with van der Waals surface area (Å²) in [5.74, 6) is -0.185. The average Bonchev–Trinajstić information content (AvgIpc) is 3.10. The van der Waals surface area contributed by atoms with Crippen LogP contribution < -0.4 is 5.32 Å². The Balaban J connectivity index is 1.85. The first-order valence-corrected chi connectivity index (χ1v) is 7.11. The fourth-order valence-corrected chi connectivity index (χ4v) is 2.28. The van der Waals surface area contributed by atoms with Gasteiger partial charge in [0, 0.05) is 12.7 Å². The van der Waals surface area contributed by atoms with Crippen LogP contribution in [0.1, 0.15) is 15.9 Å². The lowest BCUT2D eigenvalue weighted by atomic mass is 10.1. The molecule has 1 heterocycles. The fourth-order valence-electron chi connectivity index (χ4n) is 2.28. The van der Waals surface area contributed by atoms with Gasteiger partial charge in [0.25, 0.3) is 5.91 Å². The highest BCUT2D eigenvalue weighted by Gasteiger charge is 2.11. The molecule has 0 aliphatic heterocycles. The lowest BCUT2D eigenvalue weighted by molar-refractivity contribution is 0.102. The largest absolute Gasteiger partial charge is 0.380 e. The maximum atomic E-state index is 12.5. The molecule has 0 spiro atoms. The SMILES string of the molecule is COCc1cccc(C(=O)Nc2ccccc2-n2cncn2)c1. The van der Waals surface area contributed by atoms with E-state index in [0.717, 1.165) is 11.3 Å². The van der Waals surface area contributed by atoms with Crippen LogP contribution in [0.15, 0.2) is 61.2 Å². The monoisotopic (exact) mass is 308 g/mol. The predicted molar refractivity (Wildman–Crippen MR) is 86.5 cm³/mol. The molecule has 116 valence electrons. The zero-order valence-electron chi connectivity index (χ0n) is 12.6. The topological polar surface area (TPSA) is 69.0 Å². The van der Waals surface area contributed by atoms with E-state index in [-0.39, 0.29) is 5.91 Å². The van der Waals surface area contributed by atoms with Crippen LogP contribution in [0.5, 0.6) is 0 Å². The second-order valence-electron chi connectivity index (χ2n) is 4.94. The molecular weight excluding hydrogens is 292 g/mol. The summed E-state index contributed by atoms with van der Waals surface area (Å²) in [6.45, 7) is 0.469. The van der Waals surface area contributed by atoms with Crippen LogP contribution in [0.2, 0.25) is 0 Å². The predicted octanol–water partition coefficient (Wildman–Crippen LogP) is 2.67. The fraction of sp³-hybridized carbons (Fsp3) is 0.118. The molecule has 6 nitrogen and oxygen atoms in total. The Bertz CT molecular complexity index is 800. The van der Waals surface area contributed by atoms with E-state index in [0.29, 0.717) is 17.9 Å². The third-order valence-corrected chi connectivity index (χ3v) is 3.32. The number of aromatic nitrogens is 3. The first kappa shape index (κ1) is 14.9. The van der Waals surface area contributed by atoms with Gasteiger partial charge in [-0.05, 0) is 29.8 Å². The number of nitrogens with one attached hydrogen (secondary N) is 1. The third kappa shape index (κ3) is 3.44. The van der Waals surface area contributed by atoms with Crippen molar-refractivity contribution in [1.82, 2.24) is 14.8 Å². The molecule has 0 fully saturated rings. The Kier molecular flexibility index (Phi) is 4.44. The molecule has 0 bridgehead atoms. The zero-order chi connectivity index (χ0) is 16.1. The van der Waals surface area contributed by atoms with Gasteiger partial charge in [-0.1, -0.05) is 24.3 Å². The Labute approximate surface area is 133 Å². The van der Waals surface area contributed by atoms with Crippen LogP contribution in [-0.4, -0.2) is 27.8 Å². The number of hydrogen-bond acceptors (Lipinski definition) is 4. The molecular formula is C17H16N4O2. The maximum Gasteiger partial charge on any atom is 0.255 e. The minimum Gasteiger partial charge on any atom is -0.380 e. The van der Waals surface area contributed by atoms with Gasteiger partial charge in [0.05, 0.1) is 18.0 Å². The number of nitrogens with zero attached hydrogens (tertiary/aromatic N) is 3. The van der Waals surface area contributed by atoms with Gasteiger partial charge < -0.3 is 10.1 Å². The summed E-state index contributed by atoms with van der Waals surface area (Å²) in [6, 6.07) is 14.8. The molecule has 0 saturated heterocycles. The quantitative estimate of drug-likeness (QED) is 0.787. The number of rotatable bonds is 5. The van der Waals surface area contributed by atoms with Gasteiger partial charge in [-0.25, -0.2) is 9.67 Å². The van der Waals surface area contributed by atoms with Crippen LogP contribution in [0.25, 0.3) is 5.69 Å². The standard InChI is InChI=1S/C17H16N4O2/c1-23-10-13-5-4-6-14(9-13)17(22)20-15-7-2-3-8-16(15)21-12-18-11-19-21/h2-9,11-12H,10H2,1H3,(H,20,22). The van der Waals surface area contributed by atoms with Gasteiger partial charge in [0.2, 0.25) is 0 Å². The van der Waals surface area contributed by atoms with Crippen molar-refractivity contribution in [1.29, 1.82) is 0 Å². The molecule has 6 heteroatoms. The van der Waals surface area contributed by atoms with Gasteiger partial charge in [0.15, 0.2) is 0 Å². The van der Waals surface area contributed by atoms with Gasteiger partial charge >= 0.3 is 0 Å². The van der Waals surface area contributed by atoms with Crippen molar-refractivity contribution >= 4 is 11.6 Å². The molecule has 3 aromatic rings. The lowest BCUT2D eigenvalue weighted by Crippen LogP contribution is -2.14. The Hall–Kier alpha value is -2.99. The molecule has 1 N–H and O–H groups in total. The molecule has 1 aromatic heterocycles. The first-order valence-electron chi connectivity index (χ1n) is 7.11. The van der Waals surface area contributed by atoms with Gasteiger partial charge in [-0.3, -0.25) is 4.79 Å². The first-order chi connectivity index (χ1) is 11.3. The van der Waals surface area contributed by atoms with Gasteiger partial charge in [0.1, 0.15) is 12.7 Å². The van der Waals surface area contributed by atoms with Crippen LogP contribution in [0.3, 0.4) is 0 Å². The molecule has 0 aliphatic carbocycles. The summed E-state index contributed by atoms with van der Waals surface area (Å²) in [7, 11) is 1.63. The van der Waals surface area contributed by atoms with E-state index in [4.69, 9.17) is 4.74 Å². The highest BCUT2D eigenvalue weighted by molar-refractivity contribution is 6.05. The van der Waals surface area contributed by atoms with Crippen molar-refractivity contribution in [3.63, 3.8) is 0 Å². The number of anilines is 1. The highest BCUT2D eigenvalue weighted by Crippen LogP contribution is 2.19. The Morgan fingerprint density at radius 3 is 2.87 bits per heavy atom. The van der Waals surface area contributed by atoms with Crippen molar-refractivity contribution in [3.8, 4) is 5.69 Å². The number of para-hydroxylation sites is 2. The summed E-state index contributed by atoms with van der Waals surface area (Å²) < 4.78 is 6.71. The van der Waals surface area contributed by atoms with Gasteiger partial charge in [-0.2, -0.15) is 5.10 Å². The zero-order valence-corrected chi connectivity index (χ0v) is 12.6. The van der Waals surface area contributed by atoms with Crippen LogP contribution in [0.4, 0.5) is 5.69 Å². The van der Waals surface area contributed by atoms with Gasteiger partial charge in [-0.15, -0.1) is 0 Å². The molecule has 0 radical (unpaired) electrons. The number of carbonyl (C=O) groups is 1. The van der Waals surface area contributed by atoms with Crippen LogP contribution in [0, 0.1) is 0 Å². The second-order valence-corrected chi connectivity index (χ2v) is 4.94. The Morgan fingerprint density at radius 1 is 1.22 bits per heavy atom. The Morgan fingerprint density at radius 2 is 2.09 bits per heavy atom. The molecule has 0 unspecified atom stereocenters. The van der Waals surface area contributed by atoms with E-state index in [1.165, 1.54) is 6.33 Å². The lowest BCUT2D eigenvalue weighted by Gasteiger charge is -2.11. The molecule has 0 saturated carbocycles. The summed E-state index contributed by atoms with van der Waals surface area (Å²) >= 11 is 0. The second kappa shape index (κ2) is 6.85. The molecule has 0 atom stereocenters. The van der Waals surface area contributed by atoms with E-state index in [1.807, 2.05) is 42.5 Å². The minimum atomic E-state index is -0.185. The minimum absolute atomic E-state index is 0.185.